The van der Waals surface area contributed by atoms with E-state index in [1.54, 1.807) is 6.92 Å². The number of para-hydroxylation sites is 1. The maximum absolute atomic E-state index is 13.7. The Kier molecular flexibility index (Phi) is 7.46. The summed E-state index contributed by atoms with van der Waals surface area (Å²) in [5, 5.41) is 2.95. The van der Waals surface area contributed by atoms with Gasteiger partial charge in [0, 0.05) is 31.5 Å². The highest BCUT2D eigenvalue weighted by Gasteiger charge is 2.33. The zero-order chi connectivity index (χ0) is 21.5. The van der Waals surface area contributed by atoms with Crippen molar-refractivity contribution in [3.63, 3.8) is 0 Å². The van der Waals surface area contributed by atoms with Crippen LogP contribution in [0.5, 0.6) is 5.75 Å². The number of carbonyl (C=O) groups excluding carboxylic acids is 2. The van der Waals surface area contributed by atoms with Crippen molar-refractivity contribution in [1.82, 2.24) is 15.1 Å². The Balaban J connectivity index is 1.90. The number of fused-ring (bicyclic) bond motifs is 1. The first kappa shape index (κ1) is 21.8. The average molecular weight is 410 g/mol. The van der Waals surface area contributed by atoms with Crippen molar-refractivity contribution in [3.05, 3.63) is 65.7 Å². The monoisotopic (exact) mass is 409 g/mol. The molecule has 2 aromatic rings. The Morgan fingerprint density at radius 2 is 1.83 bits per heavy atom. The molecule has 1 heterocycles. The van der Waals surface area contributed by atoms with Crippen molar-refractivity contribution < 1.29 is 14.3 Å². The molecule has 2 unspecified atom stereocenters. The summed E-state index contributed by atoms with van der Waals surface area (Å²) in [6.07, 6.45) is 0.796. The van der Waals surface area contributed by atoms with Gasteiger partial charge in [-0.15, -0.1) is 0 Å². The van der Waals surface area contributed by atoms with Crippen LogP contribution in [0.4, 0.5) is 0 Å². The summed E-state index contributed by atoms with van der Waals surface area (Å²) in [6.45, 7) is 3.35. The fourth-order valence-corrected chi connectivity index (χ4v) is 3.74. The molecule has 0 aromatic heterocycles. The molecule has 1 N–H and O–H groups in total. The van der Waals surface area contributed by atoms with Crippen LogP contribution in [0.1, 0.15) is 24.5 Å². The Labute approximate surface area is 178 Å². The number of hydrogen-bond acceptors (Lipinski definition) is 4. The van der Waals surface area contributed by atoms with Crippen molar-refractivity contribution in [2.75, 3.05) is 27.2 Å². The van der Waals surface area contributed by atoms with Crippen molar-refractivity contribution in [1.29, 1.82) is 0 Å². The Morgan fingerprint density at radius 3 is 2.53 bits per heavy atom. The minimum atomic E-state index is -0.616. The predicted octanol–water partition coefficient (Wildman–Crippen LogP) is 2.48. The van der Waals surface area contributed by atoms with Crippen molar-refractivity contribution in [2.45, 2.75) is 38.4 Å². The first-order valence-electron chi connectivity index (χ1n) is 10.5. The summed E-state index contributed by atoms with van der Waals surface area (Å²) >= 11 is 0. The molecule has 6 heteroatoms. The minimum absolute atomic E-state index is 0.0761. The molecule has 0 fully saturated rings. The van der Waals surface area contributed by atoms with Gasteiger partial charge in [-0.25, -0.2) is 0 Å². The van der Waals surface area contributed by atoms with Crippen LogP contribution in [0, 0.1) is 0 Å². The van der Waals surface area contributed by atoms with Crippen LogP contribution in [0.25, 0.3) is 0 Å². The first-order chi connectivity index (χ1) is 14.5. The van der Waals surface area contributed by atoms with E-state index in [-0.39, 0.29) is 17.9 Å². The minimum Gasteiger partial charge on any atom is -0.491 e. The van der Waals surface area contributed by atoms with Gasteiger partial charge in [-0.2, -0.15) is 0 Å². The molecule has 2 aromatic carbocycles. The van der Waals surface area contributed by atoms with E-state index in [4.69, 9.17) is 4.74 Å². The predicted molar refractivity (Wildman–Crippen MR) is 117 cm³/mol. The standard InChI is InChI=1S/C24H31N3O3/c1-4-23(28)25-21(14-18-10-6-5-7-11-18)24(29)27-15-19-12-8-9-13-22(19)30-17-20(27)16-26(2)3/h5-13,20-21H,4,14-17H2,1-3H3,(H,25,28). The molecular formula is C24H31N3O3. The first-order valence-corrected chi connectivity index (χ1v) is 10.5. The molecule has 0 saturated heterocycles. The largest absolute Gasteiger partial charge is 0.491 e. The third-order valence-corrected chi connectivity index (χ3v) is 5.28. The lowest BCUT2D eigenvalue weighted by Gasteiger charge is -2.34. The molecule has 0 radical (unpaired) electrons. The van der Waals surface area contributed by atoms with Crippen LogP contribution in [-0.4, -0.2) is 60.9 Å². The van der Waals surface area contributed by atoms with Crippen LogP contribution in [0.15, 0.2) is 54.6 Å². The summed E-state index contributed by atoms with van der Waals surface area (Å²) in [4.78, 5) is 29.9. The summed E-state index contributed by atoms with van der Waals surface area (Å²) in [7, 11) is 3.97. The maximum Gasteiger partial charge on any atom is 0.246 e. The number of carbonyl (C=O) groups is 2. The number of amides is 2. The van der Waals surface area contributed by atoms with E-state index in [0.29, 0.717) is 32.5 Å². The van der Waals surface area contributed by atoms with E-state index < -0.39 is 6.04 Å². The van der Waals surface area contributed by atoms with Crippen molar-refractivity contribution in [3.8, 4) is 5.75 Å². The lowest BCUT2D eigenvalue weighted by Crippen LogP contribution is -2.55. The molecule has 2 atom stereocenters. The fourth-order valence-electron chi connectivity index (χ4n) is 3.74. The lowest BCUT2D eigenvalue weighted by molar-refractivity contribution is -0.139. The highest BCUT2D eigenvalue weighted by molar-refractivity contribution is 5.88. The zero-order valence-corrected chi connectivity index (χ0v) is 18.0. The zero-order valence-electron chi connectivity index (χ0n) is 18.0. The maximum atomic E-state index is 13.7. The second-order valence-electron chi connectivity index (χ2n) is 7.96. The van der Waals surface area contributed by atoms with Gasteiger partial charge in [0.2, 0.25) is 11.8 Å². The van der Waals surface area contributed by atoms with Crippen LogP contribution in [0.3, 0.4) is 0 Å². The molecule has 1 aliphatic heterocycles. The second kappa shape index (κ2) is 10.3. The third kappa shape index (κ3) is 5.60. The third-order valence-electron chi connectivity index (χ3n) is 5.28. The van der Waals surface area contributed by atoms with Crippen LogP contribution in [0.2, 0.25) is 0 Å². The smallest absolute Gasteiger partial charge is 0.246 e. The highest BCUT2D eigenvalue weighted by Crippen LogP contribution is 2.26. The molecule has 0 aliphatic carbocycles. The normalized spacial score (nSPS) is 16.9. The SMILES string of the molecule is CCC(=O)NC(Cc1ccccc1)C(=O)N1Cc2ccccc2OCC1CN(C)C. The fraction of sp³-hybridized carbons (Fsp3) is 0.417. The van der Waals surface area contributed by atoms with Gasteiger partial charge in [0.15, 0.2) is 0 Å². The second-order valence-corrected chi connectivity index (χ2v) is 7.96. The van der Waals surface area contributed by atoms with Crippen LogP contribution < -0.4 is 10.1 Å². The van der Waals surface area contributed by atoms with Gasteiger partial charge in [-0.05, 0) is 25.7 Å². The molecule has 0 bridgehead atoms. The van der Waals surface area contributed by atoms with Gasteiger partial charge in [0.05, 0.1) is 6.04 Å². The summed E-state index contributed by atoms with van der Waals surface area (Å²) in [5.74, 6) is 0.612. The Hall–Kier alpha value is -2.86. The van der Waals surface area contributed by atoms with Crippen LogP contribution >= 0.6 is 0 Å². The van der Waals surface area contributed by atoms with E-state index in [1.807, 2.05) is 73.6 Å². The molecule has 3 rings (SSSR count). The molecule has 6 nitrogen and oxygen atoms in total. The Bertz CT molecular complexity index is 854. The van der Waals surface area contributed by atoms with E-state index in [0.717, 1.165) is 16.9 Å². The summed E-state index contributed by atoms with van der Waals surface area (Å²) in [6, 6.07) is 16.9. The van der Waals surface area contributed by atoms with E-state index in [1.165, 1.54) is 0 Å². The molecular weight excluding hydrogens is 378 g/mol. The van der Waals surface area contributed by atoms with Gasteiger partial charge in [0.25, 0.3) is 0 Å². The Morgan fingerprint density at radius 1 is 1.13 bits per heavy atom. The summed E-state index contributed by atoms with van der Waals surface area (Å²) < 4.78 is 6.03. The molecule has 0 spiro atoms. The molecule has 1 aliphatic rings. The number of hydrogen-bond donors (Lipinski definition) is 1. The molecule has 30 heavy (non-hydrogen) atoms. The number of ether oxygens (including phenoxy) is 1. The average Bonchev–Trinajstić information content (AvgIpc) is 2.92. The molecule has 160 valence electrons. The van der Waals surface area contributed by atoms with Gasteiger partial charge < -0.3 is 19.9 Å². The van der Waals surface area contributed by atoms with Crippen molar-refractivity contribution in [2.24, 2.45) is 0 Å². The number of benzene rings is 2. The van der Waals surface area contributed by atoms with E-state index in [9.17, 15) is 9.59 Å². The number of nitrogens with one attached hydrogen (secondary N) is 1. The van der Waals surface area contributed by atoms with Gasteiger partial charge in [0.1, 0.15) is 18.4 Å². The quantitative estimate of drug-likeness (QED) is 0.763. The van der Waals surface area contributed by atoms with Gasteiger partial charge >= 0.3 is 0 Å². The van der Waals surface area contributed by atoms with E-state index >= 15 is 0 Å². The van der Waals surface area contributed by atoms with Gasteiger partial charge in [-0.1, -0.05) is 55.5 Å². The number of likely N-dealkylation sites (N-methyl/N-ethyl adjacent to an activating group) is 1. The van der Waals surface area contributed by atoms with Crippen molar-refractivity contribution >= 4 is 11.8 Å². The van der Waals surface area contributed by atoms with Crippen LogP contribution in [-0.2, 0) is 22.6 Å². The summed E-state index contributed by atoms with van der Waals surface area (Å²) in [5.41, 5.74) is 2.00. The number of nitrogens with zero attached hydrogens (tertiary/aromatic N) is 2. The topological polar surface area (TPSA) is 61.9 Å². The molecule has 2 amide bonds. The number of rotatable bonds is 7. The molecule has 0 saturated carbocycles. The lowest BCUT2D eigenvalue weighted by atomic mass is 10.0. The highest BCUT2D eigenvalue weighted by atomic mass is 16.5. The van der Waals surface area contributed by atoms with E-state index in [2.05, 4.69) is 10.2 Å². The van der Waals surface area contributed by atoms with Gasteiger partial charge in [-0.3, -0.25) is 9.59 Å².